The smallest absolute Gasteiger partial charge is 0.0651 e. The van der Waals surface area contributed by atoms with Crippen LogP contribution < -0.4 is 5.32 Å². The lowest BCUT2D eigenvalue weighted by atomic mass is 9.78. The zero-order chi connectivity index (χ0) is 12.4. The molecule has 2 heterocycles. The van der Waals surface area contributed by atoms with Crippen LogP contribution in [0.3, 0.4) is 0 Å². The normalized spacial score (nSPS) is 23.6. The summed E-state index contributed by atoms with van der Waals surface area (Å²) in [5.41, 5.74) is 2.52. The van der Waals surface area contributed by atoms with Crippen LogP contribution in [0.1, 0.15) is 29.9 Å². The third-order valence-corrected chi connectivity index (χ3v) is 4.39. The van der Waals surface area contributed by atoms with Crippen LogP contribution in [-0.4, -0.2) is 38.0 Å². The quantitative estimate of drug-likeness (QED) is 0.848. The largest absolute Gasteiger partial charge is 0.395 e. The van der Waals surface area contributed by atoms with Crippen LogP contribution in [0.4, 0.5) is 0 Å². The van der Waals surface area contributed by atoms with Crippen molar-refractivity contribution in [1.82, 2.24) is 5.32 Å². The third-order valence-electron chi connectivity index (χ3n) is 4.39. The summed E-state index contributed by atoms with van der Waals surface area (Å²) in [7, 11) is 0. The van der Waals surface area contributed by atoms with E-state index in [1.165, 1.54) is 24.0 Å². The van der Waals surface area contributed by atoms with Crippen LogP contribution in [0.25, 0.3) is 0 Å². The van der Waals surface area contributed by atoms with Gasteiger partial charge in [-0.3, -0.25) is 0 Å². The summed E-state index contributed by atoms with van der Waals surface area (Å²) >= 11 is 0. The fraction of sp³-hybridized carbons (Fsp3) is 0.600. The van der Waals surface area contributed by atoms with Gasteiger partial charge in [0.15, 0.2) is 0 Å². The first-order valence-electron chi connectivity index (χ1n) is 6.84. The highest BCUT2D eigenvalue weighted by Crippen LogP contribution is 2.33. The summed E-state index contributed by atoms with van der Waals surface area (Å²) in [4.78, 5) is 0. The van der Waals surface area contributed by atoms with E-state index in [0.29, 0.717) is 19.1 Å². The van der Waals surface area contributed by atoms with E-state index in [4.69, 9.17) is 4.74 Å². The minimum absolute atomic E-state index is 0.132. The molecule has 1 aromatic carbocycles. The monoisotopic (exact) mass is 247 g/mol. The summed E-state index contributed by atoms with van der Waals surface area (Å²) < 4.78 is 5.26. The van der Waals surface area contributed by atoms with Crippen molar-refractivity contribution in [3.05, 3.63) is 35.4 Å². The number of hydrogen-bond donors (Lipinski definition) is 2. The van der Waals surface area contributed by atoms with Crippen LogP contribution in [0.2, 0.25) is 0 Å². The van der Waals surface area contributed by atoms with Gasteiger partial charge in [0.25, 0.3) is 0 Å². The van der Waals surface area contributed by atoms with Crippen LogP contribution in [0.5, 0.6) is 0 Å². The Morgan fingerprint density at radius 3 is 2.33 bits per heavy atom. The number of aliphatic hydroxyl groups is 1. The molecule has 1 aromatic rings. The van der Waals surface area contributed by atoms with Crippen molar-refractivity contribution < 1.29 is 9.84 Å². The first-order valence-corrected chi connectivity index (χ1v) is 6.84. The Hall–Kier alpha value is -0.900. The average Bonchev–Trinajstić information content (AvgIpc) is 2.40. The Labute approximate surface area is 108 Å². The number of rotatable bonds is 3. The zero-order valence-electron chi connectivity index (χ0n) is 10.7. The first kappa shape index (κ1) is 12.2. The molecule has 3 rings (SSSR count). The van der Waals surface area contributed by atoms with E-state index in [1.54, 1.807) is 0 Å². The molecule has 2 N–H and O–H groups in total. The van der Waals surface area contributed by atoms with Gasteiger partial charge in [-0.25, -0.2) is 0 Å². The van der Waals surface area contributed by atoms with Crippen molar-refractivity contribution >= 4 is 0 Å². The van der Waals surface area contributed by atoms with Crippen LogP contribution in [0, 0.1) is 0 Å². The second-order valence-corrected chi connectivity index (χ2v) is 5.58. The SMILES string of the molecule is OCC1(c2ccc(C3CCNCC3)cc2)COC1. The minimum Gasteiger partial charge on any atom is -0.395 e. The summed E-state index contributed by atoms with van der Waals surface area (Å²) in [5.74, 6) is 0.697. The first-order chi connectivity index (χ1) is 8.84. The average molecular weight is 247 g/mol. The van der Waals surface area contributed by atoms with Gasteiger partial charge in [-0.1, -0.05) is 24.3 Å². The van der Waals surface area contributed by atoms with Crippen molar-refractivity contribution in [3.8, 4) is 0 Å². The molecular weight excluding hydrogens is 226 g/mol. The van der Waals surface area contributed by atoms with Gasteiger partial charge in [0.1, 0.15) is 0 Å². The molecule has 2 saturated heterocycles. The van der Waals surface area contributed by atoms with Gasteiger partial charge in [-0.2, -0.15) is 0 Å². The van der Waals surface area contributed by atoms with Crippen LogP contribution >= 0.6 is 0 Å². The predicted octanol–water partition coefficient (Wildman–Crippen LogP) is 1.41. The van der Waals surface area contributed by atoms with E-state index < -0.39 is 0 Å². The Morgan fingerprint density at radius 2 is 1.83 bits per heavy atom. The molecule has 98 valence electrons. The molecule has 3 heteroatoms. The number of benzene rings is 1. The van der Waals surface area contributed by atoms with Crippen molar-refractivity contribution in [2.75, 3.05) is 32.9 Å². The maximum absolute atomic E-state index is 9.52. The lowest BCUT2D eigenvalue weighted by Crippen LogP contribution is -2.49. The Balaban J connectivity index is 1.76. The zero-order valence-corrected chi connectivity index (χ0v) is 10.7. The summed E-state index contributed by atoms with van der Waals surface area (Å²) in [6.07, 6.45) is 2.46. The van der Waals surface area contributed by atoms with E-state index in [0.717, 1.165) is 13.1 Å². The predicted molar refractivity (Wildman–Crippen MR) is 70.9 cm³/mol. The number of hydrogen-bond acceptors (Lipinski definition) is 3. The Morgan fingerprint density at radius 1 is 1.17 bits per heavy atom. The molecule has 0 radical (unpaired) electrons. The molecule has 3 nitrogen and oxygen atoms in total. The van der Waals surface area contributed by atoms with Gasteiger partial charge in [0, 0.05) is 0 Å². The topological polar surface area (TPSA) is 41.5 Å². The Bertz CT molecular complexity index is 386. The van der Waals surface area contributed by atoms with E-state index in [1.807, 2.05) is 0 Å². The summed E-state index contributed by atoms with van der Waals surface area (Å²) in [6.45, 7) is 3.73. The molecule has 2 aliphatic heterocycles. The molecule has 2 fully saturated rings. The molecular formula is C15H21NO2. The van der Waals surface area contributed by atoms with Crippen molar-refractivity contribution in [3.63, 3.8) is 0 Å². The highest BCUT2D eigenvalue weighted by Gasteiger charge is 2.39. The molecule has 2 aliphatic rings. The molecule has 0 aliphatic carbocycles. The summed E-state index contributed by atoms with van der Waals surface area (Å²) in [5, 5.41) is 12.9. The molecule has 18 heavy (non-hydrogen) atoms. The molecule has 0 saturated carbocycles. The standard InChI is InChI=1S/C15H21NO2/c17-9-15(10-18-11-15)14-3-1-12(2-4-14)13-5-7-16-8-6-13/h1-4,13,16-17H,5-11H2. The van der Waals surface area contributed by atoms with Crippen molar-refractivity contribution in [2.24, 2.45) is 0 Å². The maximum atomic E-state index is 9.52. The lowest BCUT2D eigenvalue weighted by molar-refractivity contribution is -0.0841. The third kappa shape index (κ3) is 2.07. The van der Waals surface area contributed by atoms with E-state index in [9.17, 15) is 5.11 Å². The second kappa shape index (κ2) is 5.00. The van der Waals surface area contributed by atoms with Crippen LogP contribution in [0.15, 0.2) is 24.3 Å². The summed E-state index contributed by atoms with van der Waals surface area (Å²) in [6, 6.07) is 8.83. The van der Waals surface area contributed by atoms with Crippen molar-refractivity contribution in [2.45, 2.75) is 24.2 Å². The molecule has 0 aromatic heterocycles. The second-order valence-electron chi connectivity index (χ2n) is 5.58. The van der Waals surface area contributed by atoms with E-state index >= 15 is 0 Å². The van der Waals surface area contributed by atoms with Gasteiger partial charge in [-0.05, 0) is 43.0 Å². The van der Waals surface area contributed by atoms with Gasteiger partial charge in [-0.15, -0.1) is 0 Å². The molecule has 0 unspecified atom stereocenters. The fourth-order valence-corrected chi connectivity index (χ4v) is 2.96. The number of ether oxygens (including phenoxy) is 1. The highest BCUT2D eigenvalue weighted by molar-refractivity contribution is 5.33. The fourth-order valence-electron chi connectivity index (χ4n) is 2.96. The maximum Gasteiger partial charge on any atom is 0.0651 e. The van der Waals surface area contributed by atoms with Gasteiger partial charge in [0.05, 0.1) is 25.2 Å². The van der Waals surface area contributed by atoms with Gasteiger partial charge in [0.2, 0.25) is 0 Å². The highest BCUT2D eigenvalue weighted by atomic mass is 16.5. The molecule has 0 atom stereocenters. The number of aliphatic hydroxyl groups excluding tert-OH is 1. The Kier molecular flexibility index (Phi) is 3.37. The lowest BCUT2D eigenvalue weighted by Gasteiger charge is -2.40. The van der Waals surface area contributed by atoms with Crippen LogP contribution in [-0.2, 0) is 10.2 Å². The number of nitrogens with one attached hydrogen (secondary N) is 1. The van der Waals surface area contributed by atoms with Gasteiger partial charge >= 0.3 is 0 Å². The van der Waals surface area contributed by atoms with Gasteiger partial charge < -0.3 is 15.2 Å². The minimum atomic E-state index is -0.132. The number of piperidine rings is 1. The molecule has 0 spiro atoms. The van der Waals surface area contributed by atoms with Crippen molar-refractivity contribution in [1.29, 1.82) is 0 Å². The van der Waals surface area contributed by atoms with E-state index in [-0.39, 0.29) is 12.0 Å². The molecule has 0 amide bonds. The van der Waals surface area contributed by atoms with E-state index in [2.05, 4.69) is 29.6 Å². The molecule has 0 bridgehead atoms.